The minimum absolute atomic E-state index is 0.0721. The predicted molar refractivity (Wildman–Crippen MR) is 77.0 cm³/mol. The summed E-state index contributed by atoms with van der Waals surface area (Å²) in [5, 5.41) is 18.3. The van der Waals surface area contributed by atoms with Gasteiger partial charge in [0.25, 0.3) is 0 Å². The van der Waals surface area contributed by atoms with Crippen molar-refractivity contribution < 1.29 is 13.9 Å². The fraction of sp³-hybridized carbons (Fsp3) is 0.143. The van der Waals surface area contributed by atoms with Gasteiger partial charge in [-0.3, -0.25) is 10.1 Å². The molecule has 0 atom stereocenters. The van der Waals surface area contributed by atoms with Crippen LogP contribution in [0, 0.1) is 15.9 Å². The Hall–Kier alpha value is -3.03. The molecule has 0 aliphatic carbocycles. The molecular weight excluding hydrogens is 291 g/mol. The number of benzene rings is 2. The molecular formula is C14H11FN4O3. The van der Waals surface area contributed by atoms with Gasteiger partial charge in [-0.1, -0.05) is 18.2 Å². The second kappa shape index (κ2) is 5.40. The van der Waals surface area contributed by atoms with Crippen LogP contribution < -0.4 is 4.90 Å². The lowest BCUT2D eigenvalue weighted by atomic mass is 10.1. The highest BCUT2D eigenvalue weighted by Gasteiger charge is 2.21. The van der Waals surface area contributed by atoms with E-state index < -0.39 is 4.92 Å². The molecule has 0 fully saturated rings. The minimum atomic E-state index is -0.548. The summed E-state index contributed by atoms with van der Waals surface area (Å²) in [5.41, 5.74) is 1.24. The molecule has 1 aromatic heterocycles. The van der Waals surface area contributed by atoms with E-state index in [4.69, 9.17) is 0 Å². The van der Waals surface area contributed by atoms with Crippen LogP contribution >= 0.6 is 0 Å². The van der Waals surface area contributed by atoms with Gasteiger partial charge in [-0.2, -0.15) is 0 Å². The lowest BCUT2D eigenvalue weighted by Crippen LogP contribution is -2.17. The molecule has 3 aromatic rings. The van der Waals surface area contributed by atoms with E-state index in [1.807, 2.05) is 0 Å². The van der Waals surface area contributed by atoms with E-state index in [1.165, 1.54) is 12.1 Å². The third-order valence-corrected chi connectivity index (χ3v) is 3.35. The predicted octanol–water partition coefficient (Wildman–Crippen LogP) is 2.91. The van der Waals surface area contributed by atoms with Gasteiger partial charge in [0, 0.05) is 25.2 Å². The van der Waals surface area contributed by atoms with Crippen molar-refractivity contribution >= 4 is 22.4 Å². The van der Waals surface area contributed by atoms with Crippen LogP contribution in [-0.2, 0) is 6.54 Å². The average molecular weight is 302 g/mol. The molecule has 22 heavy (non-hydrogen) atoms. The van der Waals surface area contributed by atoms with Crippen LogP contribution in [0.5, 0.6) is 0 Å². The molecule has 0 bridgehead atoms. The Bertz CT molecular complexity index is 849. The number of aromatic nitrogens is 2. The lowest BCUT2D eigenvalue weighted by Gasteiger charge is -2.19. The normalized spacial score (nSPS) is 10.8. The second-order valence-electron chi connectivity index (χ2n) is 4.77. The van der Waals surface area contributed by atoms with Gasteiger partial charge >= 0.3 is 5.69 Å². The molecule has 112 valence electrons. The first-order valence-corrected chi connectivity index (χ1v) is 6.42. The molecule has 0 radical (unpaired) electrons. The molecule has 0 saturated heterocycles. The fourth-order valence-electron chi connectivity index (χ4n) is 2.26. The smallest absolute Gasteiger partial charge is 0.300 e. The highest BCUT2D eigenvalue weighted by Crippen LogP contribution is 2.31. The largest absolute Gasteiger partial charge is 0.368 e. The zero-order valence-corrected chi connectivity index (χ0v) is 11.6. The van der Waals surface area contributed by atoms with E-state index in [0.717, 1.165) is 0 Å². The summed E-state index contributed by atoms with van der Waals surface area (Å²) in [6, 6.07) is 9.30. The van der Waals surface area contributed by atoms with E-state index in [0.29, 0.717) is 11.3 Å². The molecule has 0 aliphatic rings. The lowest BCUT2D eigenvalue weighted by molar-refractivity contribution is -0.383. The second-order valence-corrected chi connectivity index (χ2v) is 4.77. The van der Waals surface area contributed by atoms with Crippen molar-refractivity contribution in [2.45, 2.75) is 6.54 Å². The van der Waals surface area contributed by atoms with Crippen molar-refractivity contribution in [3.8, 4) is 0 Å². The summed E-state index contributed by atoms with van der Waals surface area (Å²) < 4.78 is 18.3. The summed E-state index contributed by atoms with van der Waals surface area (Å²) in [6.07, 6.45) is 0. The zero-order chi connectivity index (χ0) is 15.7. The monoisotopic (exact) mass is 302 g/mol. The molecule has 0 aliphatic heterocycles. The van der Waals surface area contributed by atoms with Gasteiger partial charge in [0.1, 0.15) is 5.82 Å². The van der Waals surface area contributed by atoms with Crippen LogP contribution in [0.2, 0.25) is 0 Å². The number of nitro benzene ring substituents is 1. The van der Waals surface area contributed by atoms with Crippen molar-refractivity contribution in [1.29, 1.82) is 0 Å². The SMILES string of the molecule is CN(Cc1ccccc1F)c1ccc([N+](=O)[O-])c2nonc12. The van der Waals surface area contributed by atoms with Crippen LogP contribution in [-0.4, -0.2) is 22.3 Å². The number of nitrogens with zero attached hydrogens (tertiary/aromatic N) is 4. The summed E-state index contributed by atoms with van der Waals surface area (Å²) in [6.45, 7) is 0.284. The highest BCUT2D eigenvalue weighted by molar-refractivity contribution is 5.93. The van der Waals surface area contributed by atoms with Crippen LogP contribution in [0.15, 0.2) is 41.0 Å². The Morgan fingerprint density at radius 3 is 2.68 bits per heavy atom. The molecule has 8 heteroatoms. The van der Waals surface area contributed by atoms with Crippen LogP contribution in [0.3, 0.4) is 0 Å². The molecule has 0 amide bonds. The van der Waals surface area contributed by atoms with E-state index in [1.54, 1.807) is 36.2 Å². The maximum atomic E-state index is 13.7. The van der Waals surface area contributed by atoms with Gasteiger partial charge in [0.2, 0.25) is 5.52 Å². The highest BCUT2D eigenvalue weighted by atomic mass is 19.1. The molecule has 3 rings (SSSR count). The number of non-ortho nitro benzene ring substituents is 1. The minimum Gasteiger partial charge on any atom is -0.368 e. The summed E-state index contributed by atoms with van der Waals surface area (Å²) in [4.78, 5) is 12.1. The van der Waals surface area contributed by atoms with Crippen molar-refractivity contribution in [1.82, 2.24) is 10.3 Å². The van der Waals surface area contributed by atoms with Crippen LogP contribution in [0.1, 0.15) is 5.56 Å². The third kappa shape index (κ3) is 2.34. The first-order chi connectivity index (χ1) is 10.6. The zero-order valence-electron chi connectivity index (χ0n) is 11.6. The maximum Gasteiger partial charge on any atom is 0.300 e. The van der Waals surface area contributed by atoms with Gasteiger partial charge in [-0.15, -0.1) is 0 Å². The van der Waals surface area contributed by atoms with E-state index in [9.17, 15) is 14.5 Å². The van der Waals surface area contributed by atoms with Gasteiger partial charge in [0.05, 0.1) is 10.6 Å². The Labute approximate surface area is 124 Å². The van der Waals surface area contributed by atoms with Gasteiger partial charge in [0.15, 0.2) is 5.52 Å². The molecule has 1 heterocycles. The number of fused-ring (bicyclic) bond motifs is 1. The van der Waals surface area contributed by atoms with Crippen LogP contribution in [0.4, 0.5) is 15.8 Å². The van der Waals surface area contributed by atoms with Gasteiger partial charge < -0.3 is 4.90 Å². The third-order valence-electron chi connectivity index (χ3n) is 3.35. The molecule has 0 saturated carbocycles. The number of halogens is 1. The molecule has 2 aromatic carbocycles. The standard InChI is InChI=1S/C14H11FN4O3/c1-18(8-9-4-2-3-5-10(9)15)11-6-7-12(19(20)21)14-13(11)16-22-17-14/h2-7H,8H2,1H3. The first-order valence-electron chi connectivity index (χ1n) is 6.42. The van der Waals surface area contributed by atoms with Crippen molar-refractivity contribution in [2.24, 2.45) is 0 Å². The quantitative estimate of drug-likeness (QED) is 0.544. The Morgan fingerprint density at radius 1 is 1.23 bits per heavy atom. The van der Waals surface area contributed by atoms with Crippen molar-refractivity contribution in [3.63, 3.8) is 0 Å². The van der Waals surface area contributed by atoms with Crippen molar-refractivity contribution in [2.75, 3.05) is 11.9 Å². The summed E-state index contributed by atoms with van der Waals surface area (Å²) in [5.74, 6) is -0.314. The van der Waals surface area contributed by atoms with Gasteiger partial charge in [-0.25, -0.2) is 9.02 Å². The molecule has 0 spiro atoms. The maximum absolute atomic E-state index is 13.7. The average Bonchev–Trinajstić information content (AvgIpc) is 2.97. The van der Waals surface area contributed by atoms with Crippen LogP contribution in [0.25, 0.3) is 11.0 Å². The van der Waals surface area contributed by atoms with Crippen molar-refractivity contribution in [3.05, 3.63) is 57.9 Å². The van der Waals surface area contributed by atoms with E-state index >= 15 is 0 Å². The Balaban J connectivity index is 2.00. The number of nitro groups is 1. The topological polar surface area (TPSA) is 85.3 Å². The van der Waals surface area contributed by atoms with Gasteiger partial charge in [-0.05, 0) is 22.4 Å². The summed E-state index contributed by atoms with van der Waals surface area (Å²) in [7, 11) is 1.74. The number of rotatable bonds is 4. The fourth-order valence-corrected chi connectivity index (χ4v) is 2.26. The summed E-state index contributed by atoms with van der Waals surface area (Å²) >= 11 is 0. The Morgan fingerprint density at radius 2 is 1.95 bits per heavy atom. The van der Waals surface area contributed by atoms with E-state index in [2.05, 4.69) is 14.9 Å². The molecule has 7 nitrogen and oxygen atoms in total. The van der Waals surface area contributed by atoms with E-state index in [-0.39, 0.29) is 29.1 Å². The molecule has 0 unspecified atom stereocenters. The molecule has 0 N–H and O–H groups in total. The Kier molecular flexibility index (Phi) is 3.42. The number of hydrogen-bond acceptors (Lipinski definition) is 6. The number of anilines is 1. The number of hydrogen-bond donors (Lipinski definition) is 0. The first kappa shape index (κ1) is 13.9.